The van der Waals surface area contributed by atoms with Gasteiger partial charge in [0.05, 0.1) is 5.69 Å². The van der Waals surface area contributed by atoms with Crippen LogP contribution in [0.3, 0.4) is 0 Å². The van der Waals surface area contributed by atoms with Crippen LogP contribution in [0.5, 0.6) is 5.75 Å². The van der Waals surface area contributed by atoms with Crippen molar-refractivity contribution < 1.29 is 23.1 Å². The third-order valence-electron chi connectivity index (χ3n) is 3.53. The first-order valence-corrected chi connectivity index (χ1v) is 7.94. The molecule has 0 atom stereocenters. The third-order valence-corrected chi connectivity index (χ3v) is 3.53. The van der Waals surface area contributed by atoms with Crippen molar-refractivity contribution in [2.45, 2.75) is 6.92 Å². The van der Waals surface area contributed by atoms with Crippen molar-refractivity contribution in [3.63, 3.8) is 0 Å². The molecule has 0 saturated heterocycles. The van der Waals surface area contributed by atoms with E-state index in [0.717, 1.165) is 6.07 Å². The number of carbonyl (C=O) groups is 2. The summed E-state index contributed by atoms with van der Waals surface area (Å²) in [5.74, 6) is -1.24. The molecule has 2 aromatic carbocycles. The molecule has 3 rings (SSSR count). The van der Waals surface area contributed by atoms with Crippen molar-refractivity contribution in [1.29, 1.82) is 0 Å². The summed E-state index contributed by atoms with van der Waals surface area (Å²) < 4.78 is 24.2. The molecular formula is C19H15FN2O5. The number of halogens is 1. The average Bonchev–Trinajstić information content (AvgIpc) is 2.62. The van der Waals surface area contributed by atoms with Crippen LogP contribution in [0.1, 0.15) is 6.92 Å². The van der Waals surface area contributed by atoms with E-state index in [2.05, 4.69) is 10.6 Å². The number of rotatable bonds is 5. The van der Waals surface area contributed by atoms with Gasteiger partial charge in [-0.15, -0.1) is 0 Å². The molecule has 0 unspecified atom stereocenters. The highest BCUT2D eigenvalue weighted by Crippen LogP contribution is 2.21. The van der Waals surface area contributed by atoms with Gasteiger partial charge >= 0.3 is 5.63 Å². The Morgan fingerprint density at radius 2 is 1.85 bits per heavy atom. The fraction of sp³-hybridized carbons (Fsp3) is 0.105. The van der Waals surface area contributed by atoms with Gasteiger partial charge in [-0.3, -0.25) is 9.59 Å². The Kier molecular flexibility index (Phi) is 5.16. The predicted octanol–water partition coefficient (Wildman–Crippen LogP) is 2.91. The van der Waals surface area contributed by atoms with Crippen LogP contribution in [0, 0.1) is 5.82 Å². The molecule has 0 bridgehead atoms. The number of hydrogen-bond acceptors (Lipinski definition) is 5. The number of carbonyl (C=O) groups excluding carboxylic acids is 2. The molecule has 7 nitrogen and oxygen atoms in total. The minimum absolute atomic E-state index is 0.0839. The van der Waals surface area contributed by atoms with Crippen LogP contribution in [-0.4, -0.2) is 18.4 Å². The Labute approximate surface area is 152 Å². The lowest BCUT2D eigenvalue weighted by Gasteiger charge is -2.10. The van der Waals surface area contributed by atoms with Crippen molar-refractivity contribution in [2.24, 2.45) is 0 Å². The summed E-state index contributed by atoms with van der Waals surface area (Å²) in [7, 11) is 0. The fourth-order valence-corrected chi connectivity index (χ4v) is 2.37. The Morgan fingerprint density at radius 3 is 2.63 bits per heavy atom. The second-order valence-electron chi connectivity index (χ2n) is 5.67. The highest BCUT2D eigenvalue weighted by atomic mass is 19.1. The van der Waals surface area contributed by atoms with Crippen molar-refractivity contribution in [3.05, 3.63) is 64.8 Å². The van der Waals surface area contributed by atoms with E-state index in [1.165, 1.54) is 31.2 Å². The van der Waals surface area contributed by atoms with Gasteiger partial charge in [-0.1, -0.05) is 0 Å². The Balaban J connectivity index is 1.66. The van der Waals surface area contributed by atoms with Gasteiger partial charge in [0, 0.05) is 30.1 Å². The van der Waals surface area contributed by atoms with Crippen LogP contribution < -0.4 is 21.0 Å². The minimum Gasteiger partial charge on any atom is -0.484 e. The predicted molar refractivity (Wildman–Crippen MR) is 97.3 cm³/mol. The molecular weight excluding hydrogens is 355 g/mol. The molecule has 1 aromatic heterocycles. The van der Waals surface area contributed by atoms with Gasteiger partial charge in [-0.25, -0.2) is 9.18 Å². The SMILES string of the molecule is CC(=O)Nc1ccc(F)c(NC(=O)COc2ccc3ccc(=O)oc3c2)c1. The smallest absolute Gasteiger partial charge is 0.336 e. The molecule has 0 radical (unpaired) electrons. The average molecular weight is 370 g/mol. The van der Waals surface area contributed by atoms with Crippen molar-refractivity contribution in [2.75, 3.05) is 17.2 Å². The van der Waals surface area contributed by atoms with Crippen molar-refractivity contribution in [3.8, 4) is 5.75 Å². The van der Waals surface area contributed by atoms with Gasteiger partial charge in [0.1, 0.15) is 17.1 Å². The molecule has 0 saturated carbocycles. The zero-order valence-electron chi connectivity index (χ0n) is 14.2. The lowest BCUT2D eigenvalue weighted by atomic mass is 10.2. The molecule has 2 N–H and O–H groups in total. The summed E-state index contributed by atoms with van der Waals surface area (Å²) in [6.45, 7) is 0.938. The molecule has 0 aliphatic heterocycles. The molecule has 1 heterocycles. The number of benzene rings is 2. The first-order chi connectivity index (χ1) is 12.9. The van der Waals surface area contributed by atoms with Crippen LogP contribution in [0.4, 0.5) is 15.8 Å². The largest absolute Gasteiger partial charge is 0.484 e. The summed E-state index contributed by atoms with van der Waals surface area (Å²) in [6.07, 6.45) is 0. The van der Waals surface area contributed by atoms with E-state index in [0.29, 0.717) is 22.4 Å². The zero-order chi connectivity index (χ0) is 19.4. The van der Waals surface area contributed by atoms with Gasteiger partial charge in [0.15, 0.2) is 6.61 Å². The van der Waals surface area contributed by atoms with Gasteiger partial charge in [-0.05, 0) is 36.4 Å². The second-order valence-corrected chi connectivity index (χ2v) is 5.67. The molecule has 0 spiro atoms. The monoisotopic (exact) mass is 370 g/mol. The maximum atomic E-state index is 13.8. The van der Waals surface area contributed by atoms with Crippen LogP contribution in [0.2, 0.25) is 0 Å². The second kappa shape index (κ2) is 7.69. The first-order valence-electron chi connectivity index (χ1n) is 7.94. The third kappa shape index (κ3) is 4.69. The number of nitrogens with one attached hydrogen (secondary N) is 2. The zero-order valence-corrected chi connectivity index (χ0v) is 14.2. The highest BCUT2D eigenvalue weighted by Gasteiger charge is 2.10. The summed E-state index contributed by atoms with van der Waals surface area (Å²) >= 11 is 0. The molecule has 3 aromatic rings. The van der Waals surface area contributed by atoms with Gasteiger partial charge in [0.2, 0.25) is 5.91 Å². The van der Waals surface area contributed by atoms with Gasteiger partial charge in [-0.2, -0.15) is 0 Å². The molecule has 8 heteroatoms. The van der Waals surface area contributed by atoms with E-state index in [9.17, 15) is 18.8 Å². The van der Waals surface area contributed by atoms with Crippen LogP contribution in [-0.2, 0) is 9.59 Å². The Hall–Kier alpha value is -3.68. The topological polar surface area (TPSA) is 97.6 Å². The first kappa shape index (κ1) is 18.1. The van der Waals surface area contributed by atoms with E-state index >= 15 is 0 Å². The molecule has 0 aliphatic rings. The number of ether oxygens (including phenoxy) is 1. The van der Waals surface area contributed by atoms with E-state index in [1.807, 2.05) is 0 Å². The van der Waals surface area contributed by atoms with E-state index in [-0.39, 0.29) is 18.2 Å². The molecule has 138 valence electrons. The lowest BCUT2D eigenvalue weighted by molar-refractivity contribution is -0.118. The highest BCUT2D eigenvalue weighted by molar-refractivity contribution is 5.94. The van der Waals surface area contributed by atoms with Gasteiger partial charge in [0.25, 0.3) is 5.91 Å². The van der Waals surface area contributed by atoms with E-state index in [1.54, 1.807) is 18.2 Å². The minimum atomic E-state index is -0.648. The van der Waals surface area contributed by atoms with Gasteiger partial charge < -0.3 is 19.8 Å². The quantitative estimate of drug-likeness (QED) is 0.673. The van der Waals surface area contributed by atoms with Crippen LogP contribution >= 0.6 is 0 Å². The number of amides is 2. The standard InChI is InChI=1S/C19H15FN2O5/c1-11(23)21-13-4-6-15(20)16(8-13)22-18(24)10-26-14-5-2-12-3-7-19(25)27-17(12)9-14/h2-9H,10H2,1H3,(H,21,23)(H,22,24). The maximum absolute atomic E-state index is 13.8. The Bertz CT molecular complexity index is 1080. The maximum Gasteiger partial charge on any atom is 0.336 e. The molecule has 27 heavy (non-hydrogen) atoms. The number of fused-ring (bicyclic) bond motifs is 1. The molecule has 2 amide bonds. The Morgan fingerprint density at radius 1 is 1.07 bits per heavy atom. The van der Waals surface area contributed by atoms with E-state index < -0.39 is 17.3 Å². The van der Waals surface area contributed by atoms with E-state index in [4.69, 9.17) is 9.15 Å². The summed E-state index contributed by atoms with van der Waals surface area (Å²) in [6, 6.07) is 11.5. The van der Waals surface area contributed by atoms with Crippen molar-refractivity contribution in [1.82, 2.24) is 0 Å². The number of hydrogen-bond donors (Lipinski definition) is 2. The number of anilines is 2. The normalized spacial score (nSPS) is 10.4. The fourth-order valence-electron chi connectivity index (χ4n) is 2.37. The van der Waals surface area contributed by atoms with Crippen molar-refractivity contribution >= 4 is 34.2 Å². The molecule has 0 fully saturated rings. The summed E-state index contributed by atoms with van der Waals surface area (Å²) in [5, 5.41) is 5.59. The van der Waals surface area contributed by atoms with Crippen LogP contribution in [0.15, 0.2) is 57.7 Å². The summed E-state index contributed by atoms with van der Waals surface area (Å²) in [4.78, 5) is 34.3. The van der Waals surface area contributed by atoms with Crippen LogP contribution in [0.25, 0.3) is 11.0 Å². The molecule has 0 aliphatic carbocycles. The lowest BCUT2D eigenvalue weighted by Crippen LogP contribution is -2.21. The summed E-state index contributed by atoms with van der Waals surface area (Å²) in [5.41, 5.74) is 0.102.